The van der Waals surface area contributed by atoms with Crippen LogP contribution in [-0.2, 0) is 33.8 Å². The summed E-state index contributed by atoms with van der Waals surface area (Å²) in [6.07, 6.45) is 0.0655. The van der Waals surface area contributed by atoms with Crippen LogP contribution < -0.4 is 16.1 Å². The van der Waals surface area contributed by atoms with Crippen molar-refractivity contribution >= 4 is 35.3 Å². The van der Waals surface area contributed by atoms with Crippen molar-refractivity contribution in [2.45, 2.75) is 78.4 Å². The normalized spacial score (nSPS) is 15.1. The van der Waals surface area contributed by atoms with Crippen LogP contribution in [0, 0.1) is 18.8 Å². The van der Waals surface area contributed by atoms with Crippen molar-refractivity contribution in [1.82, 2.24) is 40.8 Å². The number of rotatable bonds is 18. The van der Waals surface area contributed by atoms with Crippen molar-refractivity contribution in [3.8, 4) is 11.3 Å². The van der Waals surface area contributed by atoms with Crippen LogP contribution in [0.25, 0.3) is 11.3 Å². The monoisotopic (exact) mass is 798 g/mol. The van der Waals surface area contributed by atoms with Crippen LogP contribution >= 0.6 is 11.3 Å². The van der Waals surface area contributed by atoms with Crippen LogP contribution in [0.1, 0.15) is 49.5 Å². The molecular formula is C42H54N8O6S. The van der Waals surface area contributed by atoms with Gasteiger partial charge in [0.1, 0.15) is 12.1 Å². The number of methoxy groups -OCH3 is 1. The van der Waals surface area contributed by atoms with E-state index >= 15 is 0 Å². The number of carbonyl (C=O) groups excluding carboxylic acids is 4. The van der Waals surface area contributed by atoms with E-state index in [1.54, 1.807) is 34.9 Å². The number of hydrogen-bond acceptors (Lipinski definition) is 10. The molecule has 0 radical (unpaired) electrons. The summed E-state index contributed by atoms with van der Waals surface area (Å²) >= 11 is 1.53. The molecule has 2 aromatic heterocycles. The molecule has 14 nitrogen and oxygen atoms in total. The summed E-state index contributed by atoms with van der Waals surface area (Å²) < 4.78 is 4.77. The molecule has 4 atom stereocenters. The number of amides is 5. The number of pyridine rings is 1. The van der Waals surface area contributed by atoms with E-state index in [0.29, 0.717) is 19.6 Å². The van der Waals surface area contributed by atoms with E-state index in [-0.39, 0.29) is 43.3 Å². The van der Waals surface area contributed by atoms with Gasteiger partial charge in [-0.2, -0.15) is 0 Å². The highest BCUT2D eigenvalue weighted by molar-refractivity contribution is 7.09. The predicted molar refractivity (Wildman–Crippen MR) is 218 cm³/mol. The highest BCUT2D eigenvalue weighted by Crippen LogP contribution is 2.23. The molecular weight excluding hydrogens is 745 g/mol. The predicted octanol–water partition coefficient (Wildman–Crippen LogP) is 4.78. The fraction of sp³-hybridized carbons (Fsp3) is 0.429. The van der Waals surface area contributed by atoms with Gasteiger partial charge in [0.05, 0.1) is 42.2 Å². The summed E-state index contributed by atoms with van der Waals surface area (Å²) in [7, 11) is 1.23. The molecule has 1 saturated heterocycles. The maximum Gasteiger partial charge on any atom is 0.407 e. The minimum Gasteiger partial charge on any atom is -0.453 e. The summed E-state index contributed by atoms with van der Waals surface area (Å²) in [5.74, 6) is -1.40. The standard InChI is InChI=1S/C42H54N8O6S/c1-27(2)37(46-41(54)56-6)39(52)47-49(23-31-15-17-32(18-16-31)34-14-10-11-19-43-34)25-36(51)35(22-30-12-8-7-9-13-30)45-40(53)38(28(3)4)50-21-20-48(42(50)55)24-33-26-57-29(5)44-33/h7-19,26-28,35-38,51H,20-25H2,1-6H3,(H,45,53)(H,46,54)(H,47,52)/t35-,36-,37-,38-/m0/s1. The van der Waals surface area contributed by atoms with Crippen molar-refractivity contribution in [1.29, 1.82) is 0 Å². The molecule has 57 heavy (non-hydrogen) atoms. The van der Waals surface area contributed by atoms with Crippen molar-refractivity contribution in [3.63, 3.8) is 0 Å². The van der Waals surface area contributed by atoms with Gasteiger partial charge in [0, 0.05) is 43.3 Å². The van der Waals surface area contributed by atoms with E-state index in [0.717, 1.165) is 33.1 Å². The zero-order chi connectivity index (χ0) is 41.1. The lowest BCUT2D eigenvalue weighted by atomic mass is 9.97. The van der Waals surface area contributed by atoms with E-state index in [1.165, 1.54) is 18.4 Å². The van der Waals surface area contributed by atoms with Crippen LogP contribution in [0.2, 0.25) is 0 Å². The first-order valence-corrected chi connectivity index (χ1v) is 20.1. The molecule has 4 N–H and O–H groups in total. The SMILES string of the molecule is COC(=O)N[C@H](C(=O)NN(Cc1ccc(-c2ccccn2)cc1)C[C@H](O)[C@H](Cc1ccccc1)NC(=O)[C@H](C(C)C)N1CCN(Cc2csc(C)n2)C1=O)C(C)C. The molecule has 5 rings (SSSR count). The van der Waals surface area contributed by atoms with E-state index in [4.69, 9.17) is 4.74 Å². The number of ether oxygens (including phenoxy) is 1. The summed E-state index contributed by atoms with van der Waals surface area (Å²) in [4.78, 5) is 66.2. The van der Waals surface area contributed by atoms with Crippen LogP contribution in [-0.4, -0.2) is 105 Å². The number of benzene rings is 2. The summed E-state index contributed by atoms with van der Waals surface area (Å²) in [5.41, 5.74) is 7.18. The molecule has 1 aliphatic rings. The van der Waals surface area contributed by atoms with Crippen molar-refractivity contribution < 1.29 is 29.0 Å². The molecule has 3 heterocycles. The average molecular weight is 799 g/mol. The molecule has 0 aliphatic carbocycles. The fourth-order valence-electron chi connectivity index (χ4n) is 6.89. The minimum absolute atomic E-state index is 0.0929. The van der Waals surface area contributed by atoms with Gasteiger partial charge in [-0.05, 0) is 48.4 Å². The summed E-state index contributed by atoms with van der Waals surface area (Å²) in [6, 6.07) is 20.1. The second-order valence-corrected chi connectivity index (χ2v) is 16.0. The van der Waals surface area contributed by atoms with Crippen molar-refractivity contribution in [2.75, 3.05) is 26.7 Å². The van der Waals surface area contributed by atoms with E-state index in [9.17, 15) is 24.3 Å². The molecule has 0 saturated carbocycles. The van der Waals surface area contributed by atoms with Gasteiger partial charge in [-0.3, -0.25) is 20.0 Å². The maximum absolute atomic E-state index is 14.3. The Kier molecular flexibility index (Phi) is 15.1. The zero-order valence-corrected chi connectivity index (χ0v) is 34.2. The zero-order valence-electron chi connectivity index (χ0n) is 33.4. The number of nitrogens with zero attached hydrogens (tertiary/aromatic N) is 5. The number of carbonyl (C=O) groups is 4. The van der Waals surface area contributed by atoms with Crippen molar-refractivity contribution in [3.05, 3.63) is 106 Å². The third-order valence-corrected chi connectivity index (χ3v) is 10.7. The highest BCUT2D eigenvalue weighted by Gasteiger charge is 2.40. The Labute approximate surface area is 338 Å². The quantitative estimate of drug-likeness (QED) is 0.104. The van der Waals surface area contributed by atoms with Gasteiger partial charge in [0.15, 0.2) is 0 Å². The lowest BCUT2D eigenvalue weighted by molar-refractivity contribution is -0.131. The lowest BCUT2D eigenvalue weighted by Gasteiger charge is -2.34. The third-order valence-electron chi connectivity index (χ3n) is 9.84. The van der Waals surface area contributed by atoms with Crippen molar-refractivity contribution in [2.24, 2.45) is 11.8 Å². The highest BCUT2D eigenvalue weighted by atomic mass is 32.1. The molecule has 4 aromatic rings. The number of aliphatic hydroxyl groups excluding tert-OH is 1. The number of nitrogens with one attached hydrogen (secondary N) is 3. The Morgan fingerprint density at radius 2 is 1.63 bits per heavy atom. The molecule has 0 bridgehead atoms. The van der Waals surface area contributed by atoms with Gasteiger partial charge >= 0.3 is 12.1 Å². The first kappa shape index (κ1) is 42.8. The van der Waals surface area contributed by atoms with E-state index in [2.05, 4.69) is 26.0 Å². The topological polar surface area (TPSA) is 169 Å². The smallest absolute Gasteiger partial charge is 0.407 e. The Bertz CT molecular complexity index is 1930. The van der Waals surface area contributed by atoms with Gasteiger partial charge in [0.25, 0.3) is 5.91 Å². The largest absolute Gasteiger partial charge is 0.453 e. The van der Waals surface area contributed by atoms with Crippen LogP contribution in [0.5, 0.6) is 0 Å². The third kappa shape index (κ3) is 11.8. The number of aromatic nitrogens is 2. The molecule has 1 fully saturated rings. The second-order valence-electron chi connectivity index (χ2n) is 14.9. The van der Waals surface area contributed by atoms with Gasteiger partial charge in [-0.1, -0.05) is 88.4 Å². The fourth-order valence-corrected chi connectivity index (χ4v) is 7.49. The molecule has 0 spiro atoms. The minimum atomic E-state index is -1.19. The summed E-state index contributed by atoms with van der Waals surface area (Å²) in [5, 5.41) is 22.2. The molecule has 5 amide bonds. The Morgan fingerprint density at radius 3 is 2.25 bits per heavy atom. The lowest BCUT2D eigenvalue weighted by Crippen LogP contribution is -2.59. The van der Waals surface area contributed by atoms with E-state index in [1.807, 2.05) is 98.9 Å². The van der Waals surface area contributed by atoms with Gasteiger partial charge in [0.2, 0.25) is 5.91 Å². The summed E-state index contributed by atoms with van der Waals surface area (Å²) in [6.45, 7) is 10.6. The van der Waals surface area contributed by atoms with Crippen LogP contribution in [0.3, 0.4) is 0 Å². The number of urea groups is 1. The first-order chi connectivity index (χ1) is 27.3. The molecule has 1 aliphatic heterocycles. The Morgan fingerprint density at radius 1 is 0.912 bits per heavy atom. The molecule has 0 unspecified atom stereocenters. The van der Waals surface area contributed by atoms with Gasteiger partial charge in [-0.25, -0.2) is 19.6 Å². The first-order valence-electron chi connectivity index (χ1n) is 19.2. The number of alkyl carbamates (subject to hydrolysis) is 1. The molecule has 304 valence electrons. The van der Waals surface area contributed by atoms with E-state index < -0.39 is 36.2 Å². The molecule has 2 aromatic carbocycles. The van der Waals surface area contributed by atoms with Crippen LogP contribution in [0.15, 0.2) is 84.4 Å². The number of aryl methyl sites for hydroxylation is 1. The van der Waals surface area contributed by atoms with Gasteiger partial charge < -0.3 is 30.3 Å². The number of thiazole rings is 1. The number of hydrogen-bond donors (Lipinski definition) is 4. The Balaban J connectivity index is 1.38. The number of aliphatic hydroxyl groups is 1. The maximum atomic E-state index is 14.3. The Hall–Kier alpha value is -5.38. The second kappa shape index (κ2) is 20.2. The number of hydrazine groups is 1. The van der Waals surface area contributed by atoms with Gasteiger partial charge in [-0.15, -0.1) is 11.3 Å². The average Bonchev–Trinajstić information content (AvgIpc) is 3.77. The molecule has 15 heteroatoms. The van der Waals surface area contributed by atoms with Crippen LogP contribution in [0.4, 0.5) is 9.59 Å².